The van der Waals surface area contributed by atoms with Crippen LogP contribution in [0.1, 0.15) is 13.3 Å². The van der Waals surface area contributed by atoms with Gasteiger partial charge in [0.05, 0.1) is 12.9 Å². The number of amides is 1. The number of benzene rings is 1. The maximum absolute atomic E-state index is 11.8. The number of hydrogen-bond donors (Lipinski definition) is 2. The molecule has 1 unspecified atom stereocenters. The minimum absolute atomic E-state index is 0.173. The molecule has 2 N–H and O–H groups in total. The highest BCUT2D eigenvalue weighted by atomic mass is 32.2. The van der Waals surface area contributed by atoms with E-state index in [9.17, 15) is 9.59 Å². The van der Waals surface area contributed by atoms with Gasteiger partial charge in [0.1, 0.15) is 11.8 Å². The second kappa shape index (κ2) is 9.07. The van der Waals surface area contributed by atoms with Gasteiger partial charge in [-0.2, -0.15) is 0 Å². The van der Waals surface area contributed by atoms with Crippen LogP contribution in [0.25, 0.3) is 0 Å². The van der Waals surface area contributed by atoms with Gasteiger partial charge in [0.2, 0.25) is 5.91 Å². The van der Waals surface area contributed by atoms with Crippen LogP contribution in [0.4, 0.5) is 0 Å². The van der Waals surface area contributed by atoms with E-state index >= 15 is 0 Å². The molecule has 6 heteroatoms. The Balaban J connectivity index is 2.46. The molecule has 0 fully saturated rings. The SMILES string of the molecule is C/C=C/CC(NC(=O)CSc1ccc(OC)cc1)C(=O)O. The van der Waals surface area contributed by atoms with Crippen LogP contribution in [-0.2, 0) is 9.59 Å². The summed E-state index contributed by atoms with van der Waals surface area (Å²) in [7, 11) is 1.59. The Hall–Kier alpha value is -1.95. The number of carbonyl (C=O) groups is 2. The first-order chi connectivity index (χ1) is 10.1. The fraction of sp³-hybridized carbons (Fsp3) is 0.333. The molecule has 0 aliphatic rings. The third kappa shape index (κ3) is 6.35. The number of rotatable bonds is 8. The van der Waals surface area contributed by atoms with Crippen molar-refractivity contribution < 1.29 is 19.4 Å². The average Bonchev–Trinajstić information content (AvgIpc) is 2.49. The lowest BCUT2D eigenvalue weighted by molar-refractivity contribution is -0.141. The molecule has 0 aliphatic heterocycles. The van der Waals surface area contributed by atoms with Crippen LogP contribution in [0.2, 0.25) is 0 Å². The quantitative estimate of drug-likeness (QED) is 0.569. The van der Waals surface area contributed by atoms with Crippen molar-refractivity contribution in [2.75, 3.05) is 12.9 Å². The maximum Gasteiger partial charge on any atom is 0.326 e. The van der Waals surface area contributed by atoms with E-state index in [2.05, 4.69) is 5.32 Å². The molecule has 0 aromatic heterocycles. The standard InChI is InChI=1S/C15H19NO4S/c1-3-4-5-13(15(18)19)16-14(17)10-21-12-8-6-11(20-2)7-9-12/h3-4,6-9,13H,5,10H2,1-2H3,(H,16,17)(H,18,19)/b4-3+. The van der Waals surface area contributed by atoms with Gasteiger partial charge in [-0.3, -0.25) is 4.79 Å². The third-order valence-electron chi connectivity index (χ3n) is 2.67. The summed E-state index contributed by atoms with van der Waals surface area (Å²) in [5, 5.41) is 11.5. The molecule has 1 aromatic rings. The highest BCUT2D eigenvalue weighted by molar-refractivity contribution is 8.00. The third-order valence-corrected chi connectivity index (χ3v) is 3.68. The van der Waals surface area contributed by atoms with Crippen LogP contribution in [0.5, 0.6) is 5.75 Å². The van der Waals surface area contributed by atoms with Crippen LogP contribution in [0, 0.1) is 0 Å². The molecule has 1 aromatic carbocycles. The van der Waals surface area contributed by atoms with Crippen molar-refractivity contribution in [1.29, 1.82) is 0 Å². The Morgan fingerprint density at radius 2 is 2.05 bits per heavy atom. The summed E-state index contributed by atoms with van der Waals surface area (Å²) in [5.74, 6) is -0.406. The molecule has 0 saturated carbocycles. The molecule has 0 saturated heterocycles. The predicted octanol–water partition coefficient (Wildman–Crippen LogP) is 2.32. The van der Waals surface area contributed by atoms with Gasteiger partial charge in [-0.25, -0.2) is 4.79 Å². The zero-order chi connectivity index (χ0) is 15.7. The predicted molar refractivity (Wildman–Crippen MR) is 82.7 cm³/mol. The highest BCUT2D eigenvalue weighted by Crippen LogP contribution is 2.20. The average molecular weight is 309 g/mol. The van der Waals surface area contributed by atoms with Crippen molar-refractivity contribution in [2.24, 2.45) is 0 Å². The topological polar surface area (TPSA) is 75.6 Å². The van der Waals surface area contributed by atoms with Crippen molar-refractivity contribution >= 4 is 23.6 Å². The van der Waals surface area contributed by atoms with Gasteiger partial charge in [-0.15, -0.1) is 11.8 Å². The van der Waals surface area contributed by atoms with E-state index in [4.69, 9.17) is 9.84 Å². The van der Waals surface area contributed by atoms with Crippen LogP contribution in [0.3, 0.4) is 0 Å². The van der Waals surface area contributed by atoms with Crippen molar-refractivity contribution in [3.8, 4) is 5.75 Å². The molecule has 5 nitrogen and oxygen atoms in total. The lowest BCUT2D eigenvalue weighted by atomic mass is 10.2. The lowest BCUT2D eigenvalue weighted by Gasteiger charge is -2.12. The minimum atomic E-state index is -1.03. The van der Waals surface area contributed by atoms with E-state index in [1.807, 2.05) is 24.3 Å². The number of hydrogen-bond acceptors (Lipinski definition) is 4. The van der Waals surface area contributed by atoms with Gasteiger partial charge in [0.25, 0.3) is 0 Å². The van der Waals surface area contributed by atoms with E-state index in [0.717, 1.165) is 10.6 Å². The normalized spacial score (nSPS) is 12.1. The Morgan fingerprint density at radius 3 is 2.57 bits per heavy atom. The fourth-order valence-corrected chi connectivity index (χ4v) is 2.26. The number of carbonyl (C=O) groups excluding carboxylic acids is 1. The molecule has 0 heterocycles. The minimum Gasteiger partial charge on any atom is -0.497 e. The largest absolute Gasteiger partial charge is 0.497 e. The van der Waals surface area contributed by atoms with Gasteiger partial charge in [-0.1, -0.05) is 12.2 Å². The lowest BCUT2D eigenvalue weighted by Crippen LogP contribution is -2.41. The summed E-state index contributed by atoms with van der Waals surface area (Å²) in [5.41, 5.74) is 0. The summed E-state index contributed by atoms with van der Waals surface area (Å²) >= 11 is 1.35. The van der Waals surface area contributed by atoms with Crippen LogP contribution >= 0.6 is 11.8 Å². The van der Waals surface area contributed by atoms with E-state index in [-0.39, 0.29) is 18.1 Å². The van der Waals surface area contributed by atoms with Crippen LogP contribution < -0.4 is 10.1 Å². The van der Waals surface area contributed by atoms with Crippen LogP contribution in [0.15, 0.2) is 41.3 Å². The second-order valence-electron chi connectivity index (χ2n) is 4.23. The fourth-order valence-electron chi connectivity index (χ4n) is 1.55. The Bertz CT molecular complexity index is 499. The van der Waals surface area contributed by atoms with Crippen molar-refractivity contribution in [3.63, 3.8) is 0 Å². The first kappa shape index (κ1) is 17.1. The van der Waals surface area contributed by atoms with Gasteiger partial charge >= 0.3 is 5.97 Å². The smallest absolute Gasteiger partial charge is 0.326 e. The summed E-state index contributed by atoms with van der Waals surface area (Å²) in [6, 6.07) is 6.44. The number of carboxylic acid groups (broad SMARTS) is 1. The molecule has 0 radical (unpaired) electrons. The molecule has 0 spiro atoms. The second-order valence-corrected chi connectivity index (χ2v) is 5.28. The van der Waals surface area contributed by atoms with Gasteiger partial charge in [-0.05, 0) is 37.6 Å². The molecular formula is C15H19NO4S. The molecule has 114 valence electrons. The number of nitrogens with one attached hydrogen (secondary N) is 1. The maximum atomic E-state index is 11.8. The van der Waals surface area contributed by atoms with Gasteiger partial charge in [0, 0.05) is 4.90 Å². The Kier molecular flexibility index (Phi) is 7.39. The van der Waals surface area contributed by atoms with Crippen molar-refractivity contribution in [2.45, 2.75) is 24.3 Å². The number of ether oxygens (including phenoxy) is 1. The first-order valence-corrected chi connectivity index (χ1v) is 7.45. The first-order valence-electron chi connectivity index (χ1n) is 6.47. The number of allylic oxidation sites excluding steroid dienone is 1. The van der Waals surface area contributed by atoms with Crippen molar-refractivity contribution in [1.82, 2.24) is 5.32 Å². The summed E-state index contributed by atoms with van der Waals surface area (Å²) < 4.78 is 5.05. The van der Waals surface area contributed by atoms with E-state index < -0.39 is 12.0 Å². The number of carboxylic acids is 1. The molecule has 1 amide bonds. The molecule has 0 bridgehead atoms. The molecule has 1 atom stereocenters. The summed E-state index contributed by atoms with van der Waals surface area (Å²) in [6.07, 6.45) is 3.76. The number of aliphatic carboxylic acids is 1. The van der Waals surface area contributed by atoms with E-state index in [1.54, 1.807) is 26.2 Å². The van der Waals surface area contributed by atoms with Crippen LogP contribution in [-0.4, -0.2) is 35.9 Å². The molecule has 21 heavy (non-hydrogen) atoms. The van der Waals surface area contributed by atoms with Crippen molar-refractivity contribution in [3.05, 3.63) is 36.4 Å². The molecule has 1 rings (SSSR count). The zero-order valence-electron chi connectivity index (χ0n) is 12.0. The summed E-state index contributed by atoms with van der Waals surface area (Å²) in [6.45, 7) is 1.81. The monoisotopic (exact) mass is 309 g/mol. The summed E-state index contributed by atoms with van der Waals surface area (Å²) in [4.78, 5) is 23.7. The van der Waals surface area contributed by atoms with Gasteiger partial charge < -0.3 is 15.2 Å². The number of thioether (sulfide) groups is 1. The number of methoxy groups -OCH3 is 1. The molecule has 0 aliphatic carbocycles. The molecular weight excluding hydrogens is 290 g/mol. The van der Waals surface area contributed by atoms with E-state index in [1.165, 1.54) is 11.8 Å². The Morgan fingerprint density at radius 1 is 1.38 bits per heavy atom. The van der Waals surface area contributed by atoms with Gasteiger partial charge in [0.15, 0.2) is 0 Å². The highest BCUT2D eigenvalue weighted by Gasteiger charge is 2.18. The zero-order valence-corrected chi connectivity index (χ0v) is 12.9. The Labute approximate surface area is 128 Å². The van der Waals surface area contributed by atoms with E-state index in [0.29, 0.717) is 0 Å².